The number of urea groups is 1. The molecule has 0 aromatic rings. The van der Waals surface area contributed by atoms with Gasteiger partial charge in [-0.25, -0.2) is 4.79 Å². The van der Waals surface area contributed by atoms with E-state index in [9.17, 15) is 14.7 Å². The van der Waals surface area contributed by atoms with Gasteiger partial charge in [-0.15, -0.1) is 0 Å². The third-order valence-corrected chi connectivity index (χ3v) is 4.70. The molecule has 0 saturated heterocycles. The van der Waals surface area contributed by atoms with Crippen LogP contribution in [0, 0.1) is 11.3 Å². The van der Waals surface area contributed by atoms with Crippen molar-refractivity contribution in [1.29, 1.82) is 0 Å². The molecule has 2 saturated carbocycles. The van der Waals surface area contributed by atoms with Gasteiger partial charge in [0.15, 0.2) is 0 Å². The van der Waals surface area contributed by atoms with Gasteiger partial charge in [-0.2, -0.15) is 0 Å². The highest BCUT2D eigenvalue weighted by atomic mass is 16.4. The molecule has 2 amide bonds. The SMILES string of the molecule is CN(CC1CCCC1)C(=O)NCC1(C(=O)O)CCC1. The second-order valence-corrected chi connectivity index (χ2v) is 6.13. The van der Waals surface area contributed by atoms with Gasteiger partial charge in [0.2, 0.25) is 0 Å². The Morgan fingerprint density at radius 3 is 2.37 bits per heavy atom. The van der Waals surface area contributed by atoms with Crippen LogP contribution in [0.4, 0.5) is 4.79 Å². The lowest BCUT2D eigenvalue weighted by Gasteiger charge is -2.38. The minimum absolute atomic E-state index is 0.139. The second kappa shape index (κ2) is 5.80. The average Bonchev–Trinajstić information content (AvgIpc) is 2.79. The molecule has 2 aliphatic carbocycles. The summed E-state index contributed by atoms with van der Waals surface area (Å²) >= 11 is 0. The minimum atomic E-state index is -0.780. The number of nitrogens with zero attached hydrogens (tertiary/aromatic N) is 1. The van der Waals surface area contributed by atoms with Crippen LogP contribution in [0.3, 0.4) is 0 Å². The number of nitrogens with one attached hydrogen (secondary N) is 1. The first-order chi connectivity index (χ1) is 9.03. The van der Waals surface area contributed by atoms with E-state index in [0.717, 1.165) is 13.0 Å². The quantitative estimate of drug-likeness (QED) is 0.802. The molecule has 2 rings (SSSR count). The molecule has 5 nitrogen and oxygen atoms in total. The molecule has 0 aromatic carbocycles. The van der Waals surface area contributed by atoms with Crippen molar-refractivity contribution in [2.75, 3.05) is 20.1 Å². The van der Waals surface area contributed by atoms with Gasteiger partial charge in [0.25, 0.3) is 0 Å². The molecule has 0 aromatic heterocycles. The van der Waals surface area contributed by atoms with Crippen molar-refractivity contribution in [1.82, 2.24) is 10.2 Å². The molecule has 0 heterocycles. The number of hydrogen-bond donors (Lipinski definition) is 2. The summed E-state index contributed by atoms with van der Waals surface area (Å²) in [5.41, 5.74) is -0.705. The van der Waals surface area contributed by atoms with Crippen LogP contribution < -0.4 is 5.32 Å². The smallest absolute Gasteiger partial charge is 0.317 e. The number of hydrogen-bond acceptors (Lipinski definition) is 2. The number of carbonyl (C=O) groups excluding carboxylic acids is 1. The standard InChI is InChI=1S/C14H24N2O3/c1-16(9-11-5-2-3-6-11)13(19)15-10-14(12(17)18)7-4-8-14/h11H,2-10H2,1H3,(H,15,19)(H,17,18). The molecule has 0 unspecified atom stereocenters. The van der Waals surface area contributed by atoms with E-state index in [0.29, 0.717) is 18.8 Å². The Bertz CT molecular complexity index is 347. The highest BCUT2D eigenvalue weighted by Gasteiger charge is 2.44. The first-order valence-corrected chi connectivity index (χ1v) is 7.26. The van der Waals surface area contributed by atoms with Gasteiger partial charge in [-0.1, -0.05) is 19.3 Å². The summed E-state index contributed by atoms with van der Waals surface area (Å²) in [4.78, 5) is 24.9. The van der Waals surface area contributed by atoms with Crippen molar-refractivity contribution < 1.29 is 14.7 Å². The van der Waals surface area contributed by atoms with Crippen LogP contribution >= 0.6 is 0 Å². The number of aliphatic carboxylic acids is 1. The van der Waals surface area contributed by atoms with Gasteiger partial charge in [0.05, 0.1) is 5.41 Å². The lowest BCUT2D eigenvalue weighted by atomic mass is 9.69. The summed E-state index contributed by atoms with van der Waals surface area (Å²) in [6.07, 6.45) is 7.24. The maximum atomic E-state index is 12.0. The van der Waals surface area contributed by atoms with E-state index in [1.165, 1.54) is 25.7 Å². The van der Waals surface area contributed by atoms with Crippen LogP contribution in [-0.2, 0) is 4.79 Å². The van der Waals surface area contributed by atoms with Crippen molar-refractivity contribution >= 4 is 12.0 Å². The molecule has 108 valence electrons. The maximum Gasteiger partial charge on any atom is 0.317 e. The Hall–Kier alpha value is -1.26. The summed E-state index contributed by atoms with van der Waals surface area (Å²) < 4.78 is 0. The molecule has 19 heavy (non-hydrogen) atoms. The predicted octanol–water partition coefficient (Wildman–Crippen LogP) is 2.07. The van der Waals surface area contributed by atoms with E-state index in [-0.39, 0.29) is 12.6 Å². The summed E-state index contributed by atoms with van der Waals surface area (Å²) in [5.74, 6) is -0.162. The summed E-state index contributed by atoms with van der Waals surface area (Å²) in [5, 5.41) is 12.0. The topological polar surface area (TPSA) is 69.6 Å². The van der Waals surface area contributed by atoms with Crippen LogP contribution in [-0.4, -0.2) is 42.1 Å². The lowest BCUT2D eigenvalue weighted by molar-refractivity contribution is -0.153. The van der Waals surface area contributed by atoms with Gasteiger partial charge in [-0.05, 0) is 31.6 Å². The van der Waals surface area contributed by atoms with Gasteiger partial charge < -0.3 is 15.3 Å². The Morgan fingerprint density at radius 1 is 1.26 bits per heavy atom. The number of rotatable bonds is 5. The Balaban J connectivity index is 1.75. The highest BCUT2D eigenvalue weighted by Crippen LogP contribution is 2.40. The zero-order chi connectivity index (χ0) is 13.9. The fraction of sp³-hybridized carbons (Fsp3) is 0.857. The molecule has 2 N–H and O–H groups in total. The Morgan fingerprint density at radius 2 is 1.89 bits per heavy atom. The number of amides is 2. The second-order valence-electron chi connectivity index (χ2n) is 6.13. The molecule has 2 aliphatic rings. The average molecular weight is 268 g/mol. The zero-order valence-corrected chi connectivity index (χ0v) is 11.7. The normalized spacial score (nSPS) is 21.7. The molecule has 0 bridgehead atoms. The zero-order valence-electron chi connectivity index (χ0n) is 11.7. The maximum absolute atomic E-state index is 12.0. The fourth-order valence-corrected chi connectivity index (χ4v) is 3.11. The number of carboxylic acids is 1. The molecule has 5 heteroatoms. The molecule has 0 spiro atoms. The van der Waals surface area contributed by atoms with E-state index < -0.39 is 11.4 Å². The van der Waals surface area contributed by atoms with Crippen LogP contribution in [0.15, 0.2) is 0 Å². The van der Waals surface area contributed by atoms with E-state index in [1.54, 1.807) is 11.9 Å². The van der Waals surface area contributed by atoms with Gasteiger partial charge >= 0.3 is 12.0 Å². The van der Waals surface area contributed by atoms with Crippen molar-refractivity contribution in [3.8, 4) is 0 Å². The largest absolute Gasteiger partial charge is 0.481 e. The lowest BCUT2D eigenvalue weighted by Crippen LogP contribution is -2.50. The van der Waals surface area contributed by atoms with E-state index in [2.05, 4.69) is 5.32 Å². The fourth-order valence-electron chi connectivity index (χ4n) is 3.11. The van der Waals surface area contributed by atoms with Crippen LogP contribution in [0.1, 0.15) is 44.9 Å². The van der Waals surface area contributed by atoms with Crippen LogP contribution in [0.2, 0.25) is 0 Å². The Kier molecular flexibility index (Phi) is 4.32. The van der Waals surface area contributed by atoms with Crippen molar-refractivity contribution in [3.05, 3.63) is 0 Å². The van der Waals surface area contributed by atoms with Gasteiger partial charge in [0.1, 0.15) is 0 Å². The van der Waals surface area contributed by atoms with Crippen molar-refractivity contribution in [2.45, 2.75) is 44.9 Å². The summed E-state index contributed by atoms with van der Waals surface area (Å²) in [7, 11) is 1.79. The monoisotopic (exact) mass is 268 g/mol. The van der Waals surface area contributed by atoms with E-state index in [1.807, 2.05) is 0 Å². The number of carboxylic acid groups (broad SMARTS) is 1. The van der Waals surface area contributed by atoms with Gasteiger partial charge in [0, 0.05) is 20.1 Å². The van der Waals surface area contributed by atoms with E-state index >= 15 is 0 Å². The van der Waals surface area contributed by atoms with Gasteiger partial charge in [-0.3, -0.25) is 4.79 Å². The predicted molar refractivity (Wildman–Crippen MR) is 71.9 cm³/mol. The number of carbonyl (C=O) groups is 2. The Labute approximate surface area is 114 Å². The molecular formula is C14H24N2O3. The third-order valence-electron chi connectivity index (χ3n) is 4.70. The summed E-state index contributed by atoms with van der Waals surface area (Å²) in [6.45, 7) is 1.04. The third kappa shape index (κ3) is 3.19. The first kappa shape index (κ1) is 14.2. The minimum Gasteiger partial charge on any atom is -0.481 e. The highest BCUT2D eigenvalue weighted by molar-refractivity contribution is 5.78. The van der Waals surface area contributed by atoms with E-state index in [4.69, 9.17) is 0 Å². The van der Waals surface area contributed by atoms with Crippen LogP contribution in [0.25, 0.3) is 0 Å². The summed E-state index contributed by atoms with van der Waals surface area (Å²) in [6, 6.07) is -0.139. The molecule has 2 fully saturated rings. The molecular weight excluding hydrogens is 244 g/mol. The molecule has 0 radical (unpaired) electrons. The molecule has 0 aliphatic heterocycles. The first-order valence-electron chi connectivity index (χ1n) is 7.26. The molecule has 0 atom stereocenters. The van der Waals surface area contributed by atoms with Crippen LogP contribution in [0.5, 0.6) is 0 Å². The van der Waals surface area contributed by atoms with Crippen molar-refractivity contribution in [3.63, 3.8) is 0 Å². The van der Waals surface area contributed by atoms with Crippen molar-refractivity contribution in [2.24, 2.45) is 11.3 Å².